The molecule has 1 aliphatic heterocycles. The molecule has 3 aromatic rings. The topological polar surface area (TPSA) is 79.8 Å². The van der Waals surface area contributed by atoms with Crippen molar-refractivity contribution in [3.05, 3.63) is 66.4 Å². The van der Waals surface area contributed by atoms with Gasteiger partial charge in [-0.15, -0.1) is 0 Å². The number of fused-ring (bicyclic) bond motifs is 1. The van der Waals surface area contributed by atoms with Crippen LogP contribution in [0.4, 0.5) is 0 Å². The van der Waals surface area contributed by atoms with Crippen LogP contribution in [0.5, 0.6) is 5.75 Å². The van der Waals surface area contributed by atoms with Crippen LogP contribution in [-0.2, 0) is 14.8 Å². The van der Waals surface area contributed by atoms with Crippen molar-refractivity contribution in [3.8, 4) is 5.75 Å². The van der Waals surface area contributed by atoms with Crippen molar-refractivity contribution in [3.63, 3.8) is 0 Å². The van der Waals surface area contributed by atoms with Crippen LogP contribution in [0.25, 0.3) is 10.9 Å². The molecule has 33 heavy (non-hydrogen) atoms. The molecule has 1 aliphatic rings. The first-order valence-corrected chi connectivity index (χ1v) is 12.6. The Bertz CT molecular complexity index is 1220. The van der Waals surface area contributed by atoms with Gasteiger partial charge < -0.3 is 9.64 Å². The summed E-state index contributed by atoms with van der Waals surface area (Å²) in [6.07, 6.45) is 2.68. The van der Waals surface area contributed by atoms with E-state index in [4.69, 9.17) is 4.74 Å². The summed E-state index contributed by atoms with van der Waals surface area (Å²) in [5, 5.41) is 0.806. The average Bonchev–Trinajstić information content (AvgIpc) is 2.83. The van der Waals surface area contributed by atoms with Gasteiger partial charge in [-0.3, -0.25) is 9.78 Å². The van der Waals surface area contributed by atoms with Gasteiger partial charge in [0.1, 0.15) is 17.3 Å². The third-order valence-electron chi connectivity index (χ3n) is 6.05. The number of rotatable bonds is 7. The molecule has 0 bridgehead atoms. The molecule has 7 nitrogen and oxygen atoms in total. The third-order valence-corrected chi connectivity index (χ3v) is 7.98. The number of ether oxygens (including phenoxy) is 1. The number of likely N-dealkylation sites (N-methyl/N-ethyl adjacent to an activating group) is 1. The normalized spacial score (nSPS) is 15.5. The van der Waals surface area contributed by atoms with E-state index in [1.165, 1.54) is 4.31 Å². The third kappa shape index (κ3) is 5.17. The van der Waals surface area contributed by atoms with Crippen molar-refractivity contribution in [2.45, 2.75) is 24.7 Å². The van der Waals surface area contributed by atoms with Gasteiger partial charge in [-0.25, -0.2) is 8.42 Å². The Morgan fingerprint density at radius 2 is 1.85 bits per heavy atom. The number of carbonyl (C=O) groups excluding carboxylic acids is 1. The number of piperidine rings is 1. The highest BCUT2D eigenvalue weighted by Gasteiger charge is 2.34. The first-order valence-electron chi connectivity index (χ1n) is 11.1. The van der Waals surface area contributed by atoms with Crippen LogP contribution < -0.4 is 4.74 Å². The summed E-state index contributed by atoms with van der Waals surface area (Å²) < 4.78 is 33.9. The maximum absolute atomic E-state index is 13.3. The van der Waals surface area contributed by atoms with Gasteiger partial charge in [0.15, 0.2) is 0 Å². The zero-order valence-electron chi connectivity index (χ0n) is 19.0. The summed E-state index contributed by atoms with van der Waals surface area (Å²) in [5.41, 5.74) is 1.47. The number of para-hydroxylation sites is 2. The number of aryl methyl sites for hydroxylation is 1. The molecule has 174 valence electrons. The zero-order chi connectivity index (χ0) is 23.4. The molecule has 0 radical (unpaired) electrons. The molecule has 1 fully saturated rings. The zero-order valence-corrected chi connectivity index (χ0v) is 19.8. The van der Waals surface area contributed by atoms with Crippen molar-refractivity contribution >= 4 is 26.8 Å². The number of carbonyl (C=O) groups is 1. The van der Waals surface area contributed by atoms with Crippen LogP contribution in [0.3, 0.4) is 0 Å². The summed E-state index contributed by atoms with van der Waals surface area (Å²) in [4.78, 5) is 19.1. The van der Waals surface area contributed by atoms with Crippen molar-refractivity contribution in [2.75, 3.05) is 33.3 Å². The lowest BCUT2D eigenvalue weighted by molar-refractivity contribution is -0.135. The van der Waals surface area contributed by atoms with E-state index in [-0.39, 0.29) is 16.7 Å². The molecule has 1 aromatic heterocycles. The fraction of sp³-hybridized carbons (Fsp3) is 0.360. The van der Waals surface area contributed by atoms with Crippen molar-refractivity contribution in [2.24, 2.45) is 5.92 Å². The second-order valence-electron chi connectivity index (χ2n) is 8.44. The Morgan fingerprint density at radius 1 is 1.12 bits per heavy atom. The van der Waals surface area contributed by atoms with Gasteiger partial charge >= 0.3 is 0 Å². The van der Waals surface area contributed by atoms with Gasteiger partial charge in [0.05, 0.1) is 12.1 Å². The van der Waals surface area contributed by atoms with Crippen LogP contribution in [0.15, 0.2) is 65.7 Å². The number of pyridine rings is 1. The largest absolute Gasteiger partial charge is 0.492 e. The molecule has 0 aliphatic carbocycles. The monoisotopic (exact) mass is 467 g/mol. The van der Waals surface area contributed by atoms with E-state index >= 15 is 0 Å². The van der Waals surface area contributed by atoms with Crippen molar-refractivity contribution < 1.29 is 17.9 Å². The molecule has 4 rings (SSSR count). The Balaban J connectivity index is 1.35. The molecule has 0 spiro atoms. The lowest BCUT2D eigenvalue weighted by Crippen LogP contribution is -2.44. The number of amides is 1. The molecule has 0 unspecified atom stereocenters. The molecule has 0 saturated carbocycles. The number of hydrogen-bond acceptors (Lipinski definition) is 5. The maximum Gasteiger partial charge on any atom is 0.245 e. The molecule has 8 heteroatoms. The van der Waals surface area contributed by atoms with Gasteiger partial charge in [0.25, 0.3) is 0 Å². The van der Waals surface area contributed by atoms with E-state index in [1.807, 2.05) is 49.4 Å². The molecule has 1 amide bonds. The van der Waals surface area contributed by atoms with Crippen molar-refractivity contribution in [1.82, 2.24) is 14.2 Å². The van der Waals surface area contributed by atoms with E-state index in [0.717, 1.165) is 16.7 Å². The highest BCUT2D eigenvalue weighted by molar-refractivity contribution is 7.89. The lowest BCUT2D eigenvalue weighted by Gasteiger charge is -2.32. The Morgan fingerprint density at radius 3 is 2.58 bits per heavy atom. The van der Waals surface area contributed by atoms with Crippen LogP contribution in [0.2, 0.25) is 0 Å². The van der Waals surface area contributed by atoms with E-state index in [9.17, 15) is 13.2 Å². The summed E-state index contributed by atoms with van der Waals surface area (Å²) >= 11 is 0. The SMILES string of the molecule is Cc1cnc2c(S(=O)(=O)N3CCC(C(=O)N(C)CCOc4ccccc4)CC3)cccc2c1. The summed E-state index contributed by atoms with van der Waals surface area (Å²) in [6.45, 7) is 3.45. The van der Waals surface area contributed by atoms with Gasteiger partial charge in [-0.1, -0.05) is 30.3 Å². The second-order valence-corrected chi connectivity index (χ2v) is 10.3. The van der Waals surface area contributed by atoms with Gasteiger partial charge in [0, 0.05) is 37.6 Å². The average molecular weight is 468 g/mol. The molecular weight excluding hydrogens is 438 g/mol. The smallest absolute Gasteiger partial charge is 0.245 e. The second kappa shape index (κ2) is 9.89. The fourth-order valence-corrected chi connectivity index (χ4v) is 5.81. The standard InChI is InChI=1S/C25H29N3O4S/c1-19-17-21-7-6-10-23(24(21)26-18-19)33(30,31)28-13-11-20(12-14-28)25(29)27(2)15-16-32-22-8-4-3-5-9-22/h3-10,17-18,20H,11-16H2,1-2H3. The van der Waals surface area contributed by atoms with Gasteiger partial charge in [-0.05, 0) is 49.6 Å². The molecular formula is C25H29N3O4S. The molecule has 1 saturated heterocycles. The van der Waals surface area contributed by atoms with Crippen LogP contribution in [0, 0.1) is 12.8 Å². The van der Waals surface area contributed by atoms with E-state index in [1.54, 1.807) is 30.3 Å². The highest BCUT2D eigenvalue weighted by atomic mass is 32.2. The first-order chi connectivity index (χ1) is 15.9. The predicted molar refractivity (Wildman–Crippen MR) is 128 cm³/mol. The molecule has 0 atom stereocenters. The quantitative estimate of drug-likeness (QED) is 0.532. The molecule has 2 aromatic carbocycles. The summed E-state index contributed by atoms with van der Waals surface area (Å²) in [6, 6.07) is 16.7. The van der Waals surface area contributed by atoms with Crippen LogP contribution in [-0.4, -0.2) is 61.8 Å². The maximum atomic E-state index is 13.3. The van der Waals surface area contributed by atoms with Crippen LogP contribution >= 0.6 is 0 Å². The molecule has 2 heterocycles. The van der Waals surface area contributed by atoms with E-state index in [0.29, 0.717) is 44.6 Å². The minimum absolute atomic E-state index is 0.0333. The van der Waals surface area contributed by atoms with Gasteiger partial charge in [-0.2, -0.15) is 4.31 Å². The number of hydrogen-bond donors (Lipinski definition) is 0. The fourth-order valence-electron chi connectivity index (χ4n) is 4.17. The van der Waals surface area contributed by atoms with E-state index < -0.39 is 10.0 Å². The predicted octanol–water partition coefficient (Wildman–Crippen LogP) is 3.48. The number of nitrogens with zero attached hydrogens (tertiary/aromatic N) is 3. The highest BCUT2D eigenvalue weighted by Crippen LogP contribution is 2.28. The van der Waals surface area contributed by atoms with Crippen LogP contribution in [0.1, 0.15) is 18.4 Å². The minimum Gasteiger partial charge on any atom is -0.492 e. The first kappa shape index (κ1) is 23.2. The Labute approximate surface area is 195 Å². The number of benzene rings is 2. The summed E-state index contributed by atoms with van der Waals surface area (Å²) in [5.74, 6) is 0.618. The number of aromatic nitrogens is 1. The minimum atomic E-state index is -3.69. The Hall–Kier alpha value is -2.97. The lowest BCUT2D eigenvalue weighted by atomic mass is 9.97. The number of sulfonamides is 1. The molecule has 0 N–H and O–H groups in total. The van der Waals surface area contributed by atoms with E-state index in [2.05, 4.69) is 4.98 Å². The Kier molecular flexibility index (Phi) is 6.95. The van der Waals surface area contributed by atoms with Gasteiger partial charge in [0.2, 0.25) is 15.9 Å². The van der Waals surface area contributed by atoms with Crippen molar-refractivity contribution in [1.29, 1.82) is 0 Å². The summed E-state index contributed by atoms with van der Waals surface area (Å²) in [7, 11) is -1.92.